The first kappa shape index (κ1) is 12.0. The Balaban J connectivity index is 2.50. The van der Waals surface area contributed by atoms with Crippen LogP contribution in [0, 0.1) is 0 Å². The molecule has 0 aliphatic carbocycles. The van der Waals surface area contributed by atoms with Crippen LogP contribution in [0.2, 0.25) is 5.02 Å². The van der Waals surface area contributed by atoms with E-state index in [-0.39, 0.29) is 0 Å². The molecule has 2 aromatic rings. The highest BCUT2D eigenvalue weighted by atomic mass is 35.5. The van der Waals surface area contributed by atoms with Gasteiger partial charge in [0.15, 0.2) is 0 Å². The van der Waals surface area contributed by atoms with Gasteiger partial charge in [0, 0.05) is 6.07 Å². The van der Waals surface area contributed by atoms with E-state index in [9.17, 15) is 0 Å². The second-order valence-electron chi connectivity index (χ2n) is 3.48. The quantitative estimate of drug-likeness (QED) is 0.383. The molecule has 0 saturated carbocycles. The van der Waals surface area contributed by atoms with Crippen molar-refractivity contribution in [1.82, 2.24) is 0 Å². The molecule has 0 saturated heterocycles. The SMILES string of the molecule is N[N+](=C(Cl)c1ccccc1)c1ccccc1Cl. The fourth-order valence-corrected chi connectivity index (χ4v) is 1.91. The lowest BCUT2D eigenvalue weighted by Crippen LogP contribution is -2.20. The topological polar surface area (TPSA) is 29.0 Å². The zero-order valence-corrected chi connectivity index (χ0v) is 10.5. The summed E-state index contributed by atoms with van der Waals surface area (Å²) in [6.45, 7) is 0. The van der Waals surface area contributed by atoms with E-state index in [0.29, 0.717) is 15.9 Å². The summed E-state index contributed by atoms with van der Waals surface area (Å²) in [5, 5.41) is 0.989. The number of hydrogen-bond acceptors (Lipinski definition) is 1. The van der Waals surface area contributed by atoms with Gasteiger partial charge in [0.1, 0.15) is 5.02 Å². The Morgan fingerprint density at radius 1 is 0.941 bits per heavy atom. The van der Waals surface area contributed by atoms with E-state index in [1.807, 2.05) is 48.5 Å². The summed E-state index contributed by atoms with van der Waals surface area (Å²) in [5.74, 6) is 5.95. The van der Waals surface area contributed by atoms with Crippen LogP contribution in [0.15, 0.2) is 54.6 Å². The van der Waals surface area contributed by atoms with Gasteiger partial charge in [0.2, 0.25) is 0 Å². The van der Waals surface area contributed by atoms with Crippen molar-refractivity contribution in [1.29, 1.82) is 0 Å². The van der Waals surface area contributed by atoms with Crippen LogP contribution in [0.3, 0.4) is 0 Å². The highest BCUT2D eigenvalue weighted by Crippen LogP contribution is 2.23. The monoisotopic (exact) mass is 265 g/mol. The minimum atomic E-state index is 0.429. The Hall–Kier alpha value is -1.51. The van der Waals surface area contributed by atoms with Gasteiger partial charge in [-0.05, 0) is 29.8 Å². The summed E-state index contributed by atoms with van der Waals surface area (Å²) in [6.07, 6.45) is 0. The van der Waals surface area contributed by atoms with E-state index in [0.717, 1.165) is 5.56 Å². The molecule has 0 amide bonds. The summed E-state index contributed by atoms with van der Waals surface area (Å²) in [7, 11) is 0. The maximum atomic E-state index is 6.22. The Bertz CT molecular complexity index is 550. The van der Waals surface area contributed by atoms with E-state index < -0.39 is 0 Å². The number of nitrogens with zero attached hydrogens (tertiary/aromatic N) is 1. The summed E-state index contributed by atoms with van der Waals surface area (Å²) >= 11 is 12.3. The van der Waals surface area contributed by atoms with Crippen molar-refractivity contribution >= 4 is 34.1 Å². The molecule has 4 heteroatoms. The predicted molar refractivity (Wildman–Crippen MR) is 72.0 cm³/mol. The molecule has 0 fully saturated rings. The van der Waals surface area contributed by atoms with Gasteiger partial charge in [-0.15, -0.1) is 0 Å². The molecule has 0 aliphatic rings. The van der Waals surface area contributed by atoms with Crippen LogP contribution >= 0.6 is 23.2 Å². The number of nitrogens with two attached hydrogens (primary N) is 1. The number of benzene rings is 2. The van der Waals surface area contributed by atoms with Gasteiger partial charge in [0.25, 0.3) is 5.69 Å². The third-order valence-corrected chi connectivity index (χ3v) is 3.06. The summed E-state index contributed by atoms with van der Waals surface area (Å²) in [4.78, 5) is 0. The fourth-order valence-electron chi connectivity index (χ4n) is 1.47. The molecular formula is C13H11Cl2N2+. The minimum Gasteiger partial charge on any atom is -0.203 e. The van der Waals surface area contributed by atoms with Gasteiger partial charge < -0.3 is 0 Å². The first-order valence-corrected chi connectivity index (χ1v) is 5.83. The van der Waals surface area contributed by atoms with Crippen molar-refractivity contribution in [2.24, 2.45) is 5.84 Å². The second kappa shape index (κ2) is 5.21. The van der Waals surface area contributed by atoms with Gasteiger partial charge in [-0.3, -0.25) is 0 Å². The lowest BCUT2D eigenvalue weighted by atomic mass is 10.2. The van der Waals surface area contributed by atoms with Crippen molar-refractivity contribution < 1.29 is 4.68 Å². The van der Waals surface area contributed by atoms with Gasteiger partial charge in [-0.25, -0.2) is 5.84 Å². The Morgan fingerprint density at radius 3 is 2.18 bits per heavy atom. The van der Waals surface area contributed by atoms with Crippen LogP contribution in [0.25, 0.3) is 0 Å². The number of para-hydroxylation sites is 1. The lowest BCUT2D eigenvalue weighted by Gasteiger charge is -2.00. The third-order valence-electron chi connectivity index (χ3n) is 2.34. The highest BCUT2D eigenvalue weighted by molar-refractivity contribution is 6.68. The zero-order chi connectivity index (χ0) is 12.3. The van der Waals surface area contributed by atoms with E-state index in [1.165, 1.54) is 4.68 Å². The zero-order valence-electron chi connectivity index (χ0n) is 8.98. The minimum absolute atomic E-state index is 0.429. The number of hydrazine groups is 1. The molecule has 0 aliphatic heterocycles. The van der Waals surface area contributed by atoms with Gasteiger partial charge in [-0.2, -0.15) is 0 Å². The van der Waals surface area contributed by atoms with E-state index in [4.69, 9.17) is 29.0 Å². The maximum Gasteiger partial charge on any atom is 0.311 e. The number of halogens is 2. The molecule has 2 N–H and O–H groups in total. The van der Waals surface area contributed by atoms with Gasteiger partial charge >= 0.3 is 5.17 Å². The molecule has 0 aromatic heterocycles. The Morgan fingerprint density at radius 2 is 1.53 bits per heavy atom. The average Bonchev–Trinajstić information content (AvgIpc) is 2.39. The number of hydrazone groups is 1. The molecule has 0 atom stereocenters. The molecule has 0 heterocycles. The molecule has 0 radical (unpaired) electrons. The first-order chi connectivity index (χ1) is 8.20. The van der Waals surface area contributed by atoms with Crippen molar-refractivity contribution in [3.8, 4) is 0 Å². The van der Waals surface area contributed by atoms with Crippen LogP contribution in [0.5, 0.6) is 0 Å². The van der Waals surface area contributed by atoms with E-state index in [1.54, 1.807) is 6.07 Å². The van der Waals surface area contributed by atoms with Crippen LogP contribution in [0.1, 0.15) is 5.56 Å². The van der Waals surface area contributed by atoms with Crippen LogP contribution in [-0.4, -0.2) is 9.86 Å². The van der Waals surface area contributed by atoms with Crippen LogP contribution in [-0.2, 0) is 0 Å². The average molecular weight is 266 g/mol. The molecule has 0 unspecified atom stereocenters. The standard InChI is InChI=1S/C13H11Cl2N2/c14-11-8-4-5-9-12(11)17(16)13(15)10-6-2-1-3-7-10/h1-9H,16H2/q+1. The third kappa shape index (κ3) is 2.60. The second-order valence-corrected chi connectivity index (χ2v) is 4.24. The van der Waals surface area contributed by atoms with Crippen LogP contribution < -0.4 is 5.84 Å². The molecule has 17 heavy (non-hydrogen) atoms. The Labute approximate surface area is 110 Å². The van der Waals surface area contributed by atoms with Crippen LogP contribution in [0.4, 0.5) is 5.69 Å². The van der Waals surface area contributed by atoms with E-state index in [2.05, 4.69) is 0 Å². The maximum absolute atomic E-state index is 6.22. The first-order valence-electron chi connectivity index (χ1n) is 5.07. The van der Waals surface area contributed by atoms with Crippen molar-refractivity contribution in [2.45, 2.75) is 0 Å². The molecule has 0 spiro atoms. The Kier molecular flexibility index (Phi) is 3.67. The molecule has 2 nitrogen and oxygen atoms in total. The predicted octanol–water partition coefficient (Wildman–Crippen LogP) is 3.54. The summed E-state index contributed by atoms with van der Waals surface area (Å²) in [5.41, 5.74) is 1.51. The molecule has 86 valence electrons. The number of rotatable bonds is 2. The van der Waals surface area contributed by atoms with Gasteiger partial charge in [0.05, 0.1) is 5.56 Å². The summed E-state index contributed by atoms with van der Waals surface area (Å²) < 4.78 is 1.37. The molecule has 2 rings (SSSR count). The highest BCUT2D eigenvalue weighted by Gasteiger charge is 2.17. The van der Waals surface area contributed by atoms with Crippen molar-refractivity contribution in [2.75, 3.05) is 0 Å². The van der Waals surface area contributed by atoms with Crippen molar-refractivity contribution in [3.63, 3.8) is 0 Å². The largest absolute Gasteiger partial charge is 0.311 e. The molecule has 2 aromatic carbocycles. The normalized spacial score (nSPS) is 12.1. The smallest absolute Gasteiger partial charge is 0.203 e. The van der Waals surface area contributed by atoms with Gasteiger partial charge in [-0.1, -0.05) is 46.6 Å². The molecular weight excluding hydrogens is 255 g/mol. The van der Waals surface area contributed by atoms with Crippen molar-refractivity contribution in [3.05, 3.63) is 65.2 Å². The summed E-state index contributed by atoms with van der Waals surface area (Å²) in [6, 6.07) is 16.8. The number of hydrogen-bond donors (Lipinski definition) is 1. The fraction of sp³-hybridized carbons (Fsp3) is 0. The molecule has 0 bridgehead atoms. The van der Waals surface area contributed by atoms with E-state index >= 15 is 0 Å². The lowest BCUT2D eigenvalue weighted by molar-refractivity contribution is -0.449.